The highest BCUT2D eigenvalue weighted by Gasteiger charge is 2.23. The molecule has 0 aromatic heterocycles. The van der Waals surface area contributed by atoms with Crippen molar-refractivity contribution >= 4 is 46.4 Å². The van der Waals surface area contributed by atoms with E-state index >= 15 is 0 Å². The van der Waals surface area contributed by atoms with E-state index in [1.54, 1.807) is 0 Å². The third-order valence-electron chi connectivity index (χ3n) is 9.11. The topological polar surface area (TPSA) is 18.5 Å². The Kier molecular flexibility index (Phi) is 10.2. The highest BCUT2D eigenvalue weighted by molar-refractivity contribution is 14.2. The summed E-state index contributed by atoms with van der Waals surface area (Å²) in [4.78, 5) is 4.89. The average molecular weight is 662 g/mol. The molecule has 5 rings (SSSR count). The summed E-state index contributed by atoms with van der Waals surface area (Å²) >= 11 is -0.185. The van der Waals surface area contributed by atoms with Gasteiger partial charge < -0.3 is 15.1 Å². The number of nitrogens with one attached hydrogen (secondary N) is 1. The zero-order valence-electron chi connectivity index (χ0n) is 25.7. The van der Waals surface area contributed by atoms with E-state index in [1.807, 2.05) is 0 Å². The largest absolute Gasteiger partial charge is 0.382 e. The van der Waals surface area contributed by atoms with Crippen molar-refractivity contribution in [1.29, 1.82) is 0 Å². The van der Waals surface area contributed by atoms with Crippen LogP contribution in [-0.4, -0.2) is 40.6 Å². The number of hydrogen-bond donors (Lipinski definition) is 1. The molecule has 1 fully saturated rings. The van der Waals surface area contributed by atoms with Gasteiger partial charge in [0.15, 0.2) is 0 Å². The van der Waals surface area contributed by atoms with Gasteiger partial charge in [-0.3, -0.25) is 0 Å². The third-order valence-corrected chi connectivity index (χ3v) is 11.4. The van der Waals surface area contributed by atoms with E-state index < -0.39 is 0 Å². The van der Waals surface area contributed by atoms with Gasteiger partial charge in [-0.1, -0.05) is 76.9 Å². The molecule has 4 heteroatoms. The van der Waals surface area contributed by atoms with Gasteiger partial charge in [0.05, 0.1) is 0 Å². The van der Waals surface area contributed by atoms with Crippen LogP contribution in [-0.2, 0) is 6.42 Å². The lowest BCUT2D eigenvalue weighted by atomic mass is 9.85. The second-order valence-electron chi connectivity index (χ2n) is 11.5. The molecule has 41 heavy (non-hydrogen) atoms. The smallest absolute Gasteiger partial charge is 0.0422 e. The van der Waals surface area contributed by atoms with Crippen LogP contribution >= 0.6 is 20.7 Å². The van der Waals surface area contributed by atoms with Gasteiger partial charge in [-0.15, -0.1) is 0 Å². The average Bonchev–Trinajstić information content (AvgIpc) is 3.01. The minimum atomic E-state index is -0.185. The zero-order chi connectivity index (χ0) is 28.8. The van der Waals surface area contributed by atoms with Crippen molar-refractivity contribution in [2.75, 3.05) is 36.4 Å². The summed E-state index contributed by atoms with van der Waals surface area (Å²) in [6.45, 7) is 15.6. The molecule has 3 aromatic carbocycles. The first-order valence-electron chi connectivity index (χ1n) is 15.8. The fourth-order valence-electron chi connectivity index (χ4n) is 6.61. The predicted molar refractivity (Wildman–Crippen MR) is 190 cm³/mol. The number of halogens is 1. The summed E-state index contributed by atoms with van der Waals surface area (Å²) in [5.74, 6) is 0.717. The van der Waals surface area contributed by atoms with Crippen molar-refractivity contribution in [3.05, 3.63) is 93.2 Å². The van der Waals surface area contributed by atoms with Crippen LogP contribution in [0.25, 0.3) is 10.8 Å². The van der Waals surface area contributed by atoms with E-state index in [4.69, 9.17) is 0 Å². The van der Waals surface area contributed by atoms with Crippen LogP contribution in [0.3, 0.4) is 0 Å². The van der Waals surface area contributed by atoms with Gasteiger partial charge in [0.2, 0.25) is 0 Å². The Morgan fingerprint density at radius 1 is 0.829 bits per heavy atom. The summed E-state index contributed by atoms with van der Waals surface area (Å²) < 4.78 is 3.98. The van der Waals surface area contributed by atoms with Crippen molar-refractivity contribution in [2.24, 2.45) is 5.92 Å². The van der Waals surface area contributed by atoms with Gasteiger partial charge in [-0.05, 0) is 109 Å². The second kappa shape index (κ2) is 14.0. The summed E-state index contributed by atoms with van der Waals surface area (Å²) in [6, 6.07) is 21.6. The van der Waals surface area contributed by atoms with E-state index in [-0.39, 0.29) is 20.7 Å². The predicted octanol–water partition coefficient (Wildman–Crippen LogP) is 9.51. The molecule has 1 aliphatic heterocycles. The van der Waals surface area contributed by atoms with Crippen LogP contribution in [0.15, 0.2) is 76.5 Å². The molecule has 0 bridgehead atoms. The molecule has 1 N–H and O–H groups in total. The first-order chi connectivity index (χ1) is 20.1. The highest BCUT2D eigenvalue weighted by atomic mass is 127. The summed E-state index contributed by atoms with van der Waals surface area (Å²) in [5.41, 5.74) is 8.21. The first-order valence-corrected chi connectivity index (χ1v) is 18.2. The fourth-order valence-corrected chi connectivity index (χ4v) is 8.83. The molecule has 3 nitrogen and oxygen atoms in total. The van der Waals surface area contributed by atoms with Crippen molar-refractivity contribution in [3.63, 3.8) is 0 Å². The number of benzene rings is 3. The van der Waals surface area contributed by atoms with Gasteiger partial charge >= 0.3 is 0 Å². The molecule has 2 unspecified atom stereocenters. The Morgan fingerprint density at radius 3 is 2.27 bits per heavy atom. The Labute approximate surface area is 258 Å². The minimum absolute atomic E-state index is 0.185. The molecule has 2 atom stereocenters. The number of hydrogen-bond acceptors (Lipinski definition) is 3. The molecular formula is C37H48IN3. The summed E-state index contributed by atoms with van der Waals surface area (Å²) in [5, 5.41) is 6.84. The van der Waals surface area contributed by atoms with Crippen molar-refractivity contribution in [2.45, 2.75) is 72.8 Å². The van der Waals surface area contributed by atoms with E-state index in [2.05, 4.69) is 121 Å². The van der Waals surface area contributed by atoms with Crippen LogP contribution in [0.1, 0.15) is 77.0 Å². The maximum Gasteiger partial charge on any atom is 0.0422 e. The number of anilines is 2. The maximum atomic E-state index is 4.03. The van der Waals surface area contributed by atoms with Crippen molar-refractivity contribution in [1.82, 2.24) is 4.90 Å². The molecule has 2 aliphatic rings. The standard InChI is InChI=1S/C37H48IN3/c1-6-40(7-2)30-20-17-28(18-21-30)25-29-19-22-36(39-35-16-11-10-13-27(35)5)33-15-12-14-32(37(29)33)34-26-31(23-24-38-34)41(8-3)9-4/h12,14-15,17-24,26-27,35,39H,6-11,13,16,25H2,1-5H3. The van der Waals surface area contributed by atoms with E-state index in [0.29, 0.717) is 12.0 Å². The van der Waals surface area contributed by atoms with Gasteiger partial charge in [0.25, 0.3) is 0 Å². The Hall–Kier alpha value is -2.60. The zero-order valence-corrected chi connectivity index (χ0v) is 27.9. The lowest BCUT2D eigenvalue weighted by Gasteiger charge is -2.31. The fraction of sp³-hybridized carbons (Fsp3) is 0.432. The quantitative estimate of drug-likeness (QED) is 0.207. The van der Waals surface area contributed by atoms with E-state index in [1.165, 1.54) is 73.7 Å². The number of allylic oxidation sites excluding steroid dienone is 2. The molecule has 1 aliphatic carbocycles. The van der Waals surface area contributed by atoms with Gasteiger partial charge in [0.1, 0.15) is 0 Å². The minimum Gasteiger partial charge on any atom is -0.382 e. The Morgan fingerprint density at radius 2 is 1.56 bits per heavy atom. The molecule has 218 valence electrons. The second-order valence-corrected chi connectivity index (χ2v) is 14.0. The lowest BCUT2D eigenvalue weighted by Crippen LogP contribution is -2.30. The normalized spacial score (nSPS) is 18.9. The lowest BCUT2D eigenvalue weighted by molar-refractivity contribution is 0.350. The van der Waals surface area contributed by atoms with E-state index in [0.717, 1.165) is 32.6 Å². The SMILES string of the molecule is CCN(CC)C1=CC(c2cccc3c(NC4CCCCC4C)ccc(Cc4ccc(N(CC)CC)cc4)c23)=IC=C1. The molecule has 3 aromatic rings. The van der Waals surface area contributed by atoms with Crippen LogP contribution in [0.5, 0.6) is 0 Å². The summed E-state index contributed by atoms with van der Waals surface area (Å²) in [6.07, 6.45) is 11.1. The van der Waals surface area contributed by atoms with Gasteiger partial charge in [0, 0.05) is 58.2 Å². The highest BCUT2D eigenvalue weighted by Crippen LogP contribution is 2.36. The Balaban J connectivity index is 1.58. The van der Waals surface area contributed by atoms with E-state index in [9.17, 15) is 0 Å². The van der Waals surface area contributed by atoms with Gasteiger partial charge in [-0.25, -0.2) is 0 Å². The number of nitrogens with zero attached hydrogens (tertiary/aromatic N) is 2. The molecular weight excluding hydrogens is 613 g/mol. The number of rotatable bonds is 11. The Bertz CT molecular complexity index is 1410. The molecule has 1 heterocycles. The maximum absolute atomic E-state index is 4.03. The molecule has 1 saturated carbocycles. The number of fused-ring (bicyclic) bond motifs is 1. The number of likely N-dealkylation sites (N-methyl/N-ethyl adjacent to an activating group) is 1. The molecule has 0 spiro atoms. The molecule has 0 radical (unpaired) electrons. The monoisotopic (exact) mass is 661 g/mol. The first kappa shape index (κ1) is 29.9. The molecule has 0 saturated heterocycles. The van der Waals surface area contributed by atoms with Crippen LogP contribution in [0.4, 0.5) is 11.4 Å². The molecule has 0 amide bonds. The van der Waals surface area contributed by atoms with Gasteiger partial charge in [-0.2, -0.15) is 0 Å². The van der Waals surface area contributed by atoms with Crippen LogP contribution in [0, 0.1) is 5.92 Å². The third kappa shape index (κ3) is 6.74. The van der Waals surface area contributed by atoms with Crippen molar-refractivity contribution in [3.8, 4) is 0 Å². The summed E-state index contributed by atoms with van der Waals surface area (Å²) in [7, 11) is 0. The van der Waals surface area contributed by atoms with Crippen LogP contribution in [0.2, 0.25) is 0 Å². The van der Waals surface area contributed by atoms with Crippen molar-refractivity contribution < 1.29 is 0 Å². The van der Waals surface area contributed by atoms with Crippen LogP contribution < -0.4 is 10.2 Å².